The Balaban J connectivity index is 1.87. The van der Waals surface area contributed by atoms with Gasteiger partial charge in [0.1, 0.15) is 5.82 Å². The third kappa shape index (κ3) is 4.56. The molecule has 2 N–H and O–H groups in total. The van der Waals surface area contributed by atoms with Crippen molar-refractivity contribution in [1.82, 2.24) is 14.9 Å². The largest absolute Gasteiger partial charge is 0.383 e. The minimum Gasteiger partial charge on any atom is -0.383 e. The molecule has 2 aliphatic rings. The molecule has 0 saturated carbocycles. The molecule has 2 fully saturated rings. The molecule has 8 nitrogen and oxygen atoms in total. The lowest BCUT2D eigenvalue weighted by molar-refractivity contribution is 0.0214. The fraction of sp³-hybridized carbons (Fsp3) is 0.737. The number of carbonyl (C=O) groups excluding carboxylic acids is 1. The van der Waals surface area contributed by atoms with Crippen molar-refractivity contribution in [3.63, 3.8) is 0 Å². The maximum Gasteiger partial charge on any atom is 0.292 e. The summed E-state index contributed by atoms with van der Waals surface area (Å²) in [6.07, 6.45) is 2.59. The Morgan fingerprint density at radius 1 is 1.30 bits per heavy atom. The smallest absolute Gasteiger partial charge is 0.292 e. The normalized spacial score (nSPS) is 20.9. The fourth-order valence-electron chi connectivity index (χ4n) is 3.76. The van der Waals surface area contributed by atoms with Crippen LogP contribution in [-0.2, 0) is 9.47 Å². The highest BCUT2D eigenvalue weighted by Crippen LogP contribution is 2.24. The summed E-state index contributed by atoms with van der Waals surface area (Å²) in [7, 11) is 1.65. The summed E-state index contributed by atoms with van der Waals surface area (Å²) in [6, 6.07) is 0.287. The van der Waals surface area contributed by atoms with Gasteiger partial charge < -0.3 is 25.0 Å². The van der Waals surface area contributed by atoms with Crippen LogP contribution < -0.4 is 10.6 Å². The van der Waals surface area contributed by atoms with Gasteiger partial charge in [0.15, 0.2) is 0 Å². The second-order valence-corrected chi connectivity index (χ2v) is 7.41. The van der Waals surface area contributed by atoms with Crippen LogP contribution in [0.4, 0.5) is 5.82 Å². The van der Waals surface area contributed by atoms with Gasteiger partial charge in [0.25, 0.3) is 5.91 Å². The van der Waals surface area contributed by atoms with Crippen LogP contribution in [0.5, 0.6) is 0 Å². The molecule has 3 heterocycles. The standard InChI is InChI=1S/C19H31N5O3/c1-13-14(2)21-17(22-18(13)23-7-4-15(20)12-23)19(25)24(8-11-26-3)16-5-9-27-10-6-16/h15-16H,4-12,20H2,1-3H3/t15-/m1/s1. The molecule has 27 heavy (non-hydrogen) atoms. The topological polar surface area (TPSA) is 93.8 Å². The lowest BCUT2D eigenvalue weighted by Gasteiger charge is -2.34. The van der Waals surface area contributed by atoms with Crippen molar-refractivity contribution >= 4 is 11.7 Å². The van der Waals surface area contributed by atoms with Crippen molar-refractivity contribution in [2.24, 2.45) is 5.73 Å². The predicted molar refractivity (Wildman–Crippen MR) is 103 cm³/mol. The molecule has 1 amide bonds. The molecule has 1 atom stereocenters. The molecule has 8 heteroatoms. The number of aryl methyl sites for hydroxylation is 1. The third-order valence-electron chi connectivity index (χ3n) is 5.51. The zero-order chi connectivity index (χ0) is 19.4. The van der Waals surface area contributed by atoms with Crippen molar-refractivity contribution in [2.45, 2.75) is 45.2 Å². The molecule has 0 bridgehead atoms. The van der Waals surface area contributed by atoms with E-state index in [-0.39, 0.29) is 23.8 Å². The Bertz CT molecular complexity index is 663. The van der Waals surface area contributed by atoms with Crippen LogP contribution in [0, 0.1) is 13.8 Å². The Kier molecular flexibility index (Phi) is 6.62. The van der Waals surface area contributed by atoms with Crippen molar-refractivity contribution < 1.29 is 14.3 Å². The minimum atomic E-state index is -0.133. The van der Waals surface area contributed by atoms with Crippen LogP contribution in [0.1, 0.15) is 41.1 Å². The number of amides is 1. The first-order valence-corrected chi connectivity index (χ1v) is 9.74. The molecule has 3 rings (SSSR count). The monoisotopic (exact) mass is 377 g/mol. The average Bonchev–Trinajstić information content (AvgIpc) is 3.11. The van der Waals surface area contributed by atoms with Gasteiger partial charge in [0, 0.05) is 63.3 Å². The molecular formula is C19H31N5O3. The number of rotatable bonds is 6. The summed E-state index contributed by atoms with van der Waals surface area (Å²) in [4.78, 5) is 26.5. The Labute approximate surface area is 161 Å². The minimum absolute atomic E-state index is 0.133. The van der Waals surface area contributed by atoms with Gasteiger partial charge in [-0.3, -0.25) is 4.79 Å². The quantitative estimate of drug-likeness (QED) is 0.787. The van der Waals surface area contributed by atoms with E-state index < -0.39 is 0 Å². The zero-order valence-electron chi connectivity index (χ0n) is 16.6. The van der Waals surface area contributed by atoms with Crippen LogP contribution >= 0.6 is 0 Å². The molecule has 2 aliphatic heterocycles. The van der Waals surface area contributed by atoms with E-state index in [2.05, 4.69) is 14.9 Å². The Hall–Kier alpha value is -1.77. The molecule has 1 aromatic heterocycles. The zero-order valence-corrected chi connectivity index (χ0v) is 16.6. The van der Waals surface area contributed by atoms with E-state index in [1.165, 1.54) is 0 Å². The maximum atomic E-state index is 13.3. The third-order valence-corrected chi connectivity index (χ3v) is 5.51. The van der Waals surface area contributed by atoms with Gasteiger partial charge in [-0.2, -0.15) is 0 Å². The van der Waals surface area contributed by atoms with Gasteiger partial charge in [-0.15, -0.1) is 0 Å². The highest BCUT2D eigenvalue weighted by atomic mass is 16.5. The Morgan fingerprint density at radius 2 is 2.04 bits per heavy atom. The molecule has 0 unspecified atom stereocenters. The summed E-state index contributed by atoms with van der Waals surface area (Å²) >= 11 is 0. The SMILES string of the molecule is COCCN(C(=O)c1nc(C)c(C)c(N2CC[C@@H](N)C2)n1)C1CCOCC1. The molecular weight excluding hydrogens is 346 g/mol. The highest BCUT2D eigenvalue weighted by Gasteiger charge is 2.30. The first-order valence-electron chi connectivity index (χ1n) is 9.74. The van der Waals surface area contributed by atoms with Crippen LogP contribution in [0.25, 0.3) is 0 Å². The highest BCUT2D eigenvalue weighted by molar-refractivity contribution is 5.91. The van der Waals surface area contributed by atoms with Gasteiger partial charge >= 0.3 is 0 Å². The Morgan fingerprint density at radius 3 is 2.67 bits per heavy atom. The number of methoxy groups -OCH3 is 1. The first-order chi connectivity index (χ1) is 13.0. The van der Waals surface area contributed by atoms with E-state index in [0.29, 0.717) is 26.4 Å². The number of ether oxygens (including phenoxy) is 2. The van der Waals surface area contributed by atoms with Gasteiger partial charge in [0.05, 0.1) is 6.61 Å². The second-order valence-electron chi connectivity index (χ2n) is 7.41. The van der Waals surface area contributed by atoms with Crippen LogP contribution in [0.15, 0.2) is 0 Å². The summed E-state index contributed by atoms with van der Waals surface area (Å²) in [5, 5.41) is 0. The van der Waals surface area contributed by atoms with E-state index in [9.17, 15) is 4.79 Å². The van der Waals surface area contributed by atoms with Crippen molar-refractivity contribution in [3.05, 3.63) is 17.1 Å². The van der Waals surface area contributed by atoms with Gasteiger partial charge in [-0.25, -0.2) is 9.97 Å². The van der Waals surface area contributed by atoms with Crippen LogP contribution in [0.2, 0.25) is 0 Å². The molecule has 0 radical (unpaired) electrons. The van der Waals surface area contributed by atoms with Crippen molar-refractivity contribution in [1.29, 1.82) is 0 Å². The van der Waals surface area contributed by atoms with Gasteiger partial charge in [0.2, 0.25) is 5.82 Å². The summed E-state index contributed by atoms with van der Waals surface area (Å²) in [5.74, 6) is 0.959. The predicted octanol–water partition coefficient (Wildman–Crippen LogP) is 0.898. The summed E-state index contributed by atoms with van der Waals surface area (Å²) in [5.41, 5.74) is 7.91. The number of hydrogen-bond donors (Lipinski definition) is 1. The van der Waals surface area contributed by atoms with E-state index >= 15 is 0 Å². The van der Waals surface area contributed by atoms with Gasteiger partial charge in [-0.05, 0) is 33.1 Å². The summed E-state index contributed by atoms with van der Waals surface area (Å²) < 4.78 is 10.7. The molecule has 1 aromatic rings. The number of hydrogen-bond acceptors (Lipinski definition) is 7. The molecule has 0 spiro atoms. The van der Waals surface area contributed by atoms with E-state index in [1.807, 2.05) is 18.7 Å². The molecule has 2 saturated heterocycles. The van der Waals surface area contributed by atoms with Crippen LogP contribution in [-0.4, -0.2) is 79.4 Å². The van der Waals surface area contributed by atoms with Crippen molar-refractivity contribution in [2.75, 3.05) is 51.5 Å². The molecule has 0 aromatic carbocycles. The van der Waals surface area contributed by atoms with E-state index in [4.69, 9.17) is 15.2 Å². The van der Waals surface area contributed by atoms with E-state index in [0.717, 1.165) is 49.4 Å². The number of nitrogens with zero attached hydrogens (tertiary/aromatic N) is 4. The molecule has 0 aliphatic carbocycles. The number of aromatic nitrogens is 2. The molecule has 150 valence electrons. The average molecular weight is 377 g/mol. The van der Waals surface area contributed by atoms with Gasteiger partial charge in [-0.1, -0.05) is 0 Å². The maximum absolute atomic E-state index is 13.3. The fourth-order valence-corrected chi connectivity index (χ4v) is 3.76. The first kappa shape index (κ1) is 20.0. The lowest BCUT2D eigenvalue weighted by atomic mass is 10.1. The lowest BCUT2D eigenvalue weighted by Crippen LogP contribution is -2.45. The number of nitrogens with two attached hydrogens (primary N) is 1. The summed E-state index contributed by atoms with van der Waals surface area (Å²) in [6.45, 7) is 7.92. The second kappa shape index (κ2) is 8.95. The number of anilines is 1. The van der Waals surface area contributed by atoms with Crippen LogP contribution in [0.3, 0.4) is 0 Å². The number of carbonyl (C=O) groups is 1. The van der Waals surface area contributed by atoms with Crippen molar-refractivity contribution in [3.8, 4) is 0 Å². The van der Waals surface area contributed by atoms with E-state index in [1.54, 1.807) is 7.11 Å².